The average Bonchev–Trinajstić information content (AvgIpc) is 3.15. The van der Waals surface area contributed by atoms with Crippen LogP contribution in [0.3, 0.4) is 0 Å². The highest BCUT2D eigenvalue weighted by Gasteiger charge is 2.28. The summed E-state index contributed by atoms with van der Waals surface area (Å²) in [6, 6.07) is 28.3. The lowest BCUT2D eigenvalue weighted by Crippen LogP contribution is -2.38. The Labute approximate surface area is 184 Å². The van der Waals surface area contributed by atoms with E-state index in [0.29, 0.717) is 4.53 Å². The Morgan fingerprint density at radius 1 is 0.935 bits per heavy atom. The van der Waals surface area contributed by atoms with Gasteiger partial charge >= 0.3 is 0 Å². The third kappa shape index (κ3) is 3.84. The number of aromatic nitrogens is 1. The van der Waals surface area contributed by atoms with Crippen LogP contribution in [0.2, 0.25) is 0 Å². The van der Waals surface area contributed by atoms with Crippen molar-refractivity contribution < 1.29 is 4.74 Å². The van der Waals surface area contributed by atoms with Crippen LogP contribution >= 0.6 is 11.3 Å². The van der Waals surface area contributed by atoms with Crippen molar-refractivity contribution in [3.8, 4) is 5.75 Å². The van der Waals surface area contributed by atoms with E-state index in [0.717, 1.165) is 28.1 Å². The zero-order valence-corrected chi connectivity index (χ0v) is 18.0. The molecule has 5 heteroatoms. The molecule has 1 aliphatic heterocycles. The smallest absolute Gasteiger partial charge is 0.270 e. The van der Waals surface area contributed by atoms with Crippen molar-refractivity contribution >= 4 is 17.4 Å². The number of ether oxygens (including phenoxy) is 1. The number of nitrogens with zero attached hydrogens (tertiary/aromatic N) is 2. The molecular formula is C26H22N2O2S. The molecule has 0 fully saturated rings. The molecule has 1 aliphatic rings. The van der Waals surface area contributed by atoms with Crippen LogP contribution in [0.5, 0.6) is 5.75 Å². The summed E-state index contributed by atoms with van der Waals surface area (Å²) in [6.45, 7) is 0. The first-order valence-corrected chi connectivity index (χ1v) is 11.1. The average molecular weight is 427 g/mol. The van der Waals surface area contributed by atoms with Crippen LogP contribution in [0.1, 0.15) is 35.2 Å². The van der Waals surface area contributed by atoms with Crippen molar-refractivity contribution in [2.24, 2.45) is 4.99 Å². The van der Waals surface area contributed by atoms with Crippen LogP contribution in [-0.2, 0) is 0 Å². The van der Waals surface area contributed by atoms with Gasteiger partial charge < -0.3 is 4.74 Å². The highest BCUT2D eigenvalue weighted by atomic mass is 32.1. The predicted molar refractivity (Wildman–Crippen MR) is 124 cm³/mol. The van der Waals surface area contributed by atoms with E-state index in [4.69, 9.17) is 9.73 Å². The summed E-state index contributed by atoms with van der Waals surface area (Å²) in [5.74, 6) is 0.796. The Hall–Kier alpha value is -3.44. The fourth-order valence-corrected chi connectivity index (χ4v) is 5.12. The zero-order chi connectivity index (χ0) is 21.2. The molecule has 3 aromatic carbocycles. The molecule has 0 saturated carbocycles. The summed E-state index contributed by atoms with van der Waals surface area (Å²) >= 11 is 1.46. The minimum atomic E-state index is -0.0410. The first-order valence-electron chi connectivity index (χ1n) is 10.3. The fourth-order valence-electron chi connectivity index (χ4n) is 4.05. The third-order valence-electron chi connectivity index (χ3n) is 5.64. The molecule has 4 nitrogen and oxygen atoms in total. The predicted octanol–water partition coefficient (Wildman–Crippen LogP) is 4.10. The zero-order valence-electron chi connectivity index (χ0n) is 17.1. The van der Waals surface area contributed by atoms with Gasteiger partial charge in [0.2, 0.25) is 0 Å². The van der Waals surface area contributed by atoms with Crippen molar-refractivity contribution in [2.75, 3.05) is 7.11 Å². The van der Waals surface area contributed by atoms with Crippen molar-refractivity contribution in [3.63, 3.8) is 0 Å². The second-order valence-corrected chi connectivity index (χ2v) is 8.57. The van der Waals surface area contributed by atoms with Crippen molar-refractivity contribution in [2.45, 2.75) is 18.5 Å². The van der Waals surface area contributed by atoms with Crippen molar-refractivity contribution in [3.05, 3.63) is 121 Å². The van der Waals surface area contributed by atoms with Gasteiger partial charge in [0.15, 0.2) is 4.80 Å². The summed E-state index contributed by atoms with van der Waals surface area (Å²) in [7, 11) is 1.65. The fraction of sp³-hybridized carbons (Fsp3) is 0.154. The molecule has 5 rings (SSSR count). The standard InChI is InChI=1S/C26H22N2O2S/c1-30-21-14-12-18(13-15-21)16-24-25(29)28-23(20-10-6-3-7-11-20)17-22(27-26(28)31-24)19-8-4-2-5-9-19/h2-16,22-23H,17H2,1H3/b24-16+/t22-,23-/m0/s1. The second-order valence-electron chi connectivity index (χ2n) is 7.56. The molecule has 4 aromatic rings. The van der Waals surface area contributed by atoms with Gasteiger partial charge in [0.25, 0.3) is 5.56 Å². The Bertz CT molecular complexity index is 1360. The molecule has 0 aliphatic carbocycles. The van der Waals surface area contributed by atoms with Crippen LogP contribution in [0.25, 0.3) is 6.08 Å². The van der Waals surface area contributed by atoms with Gasteiger partial charge in [0, 0.05) is 0 Å². The largest absolute Gasteiger partial charge is 0.497 e. The first-order chi connectivity index (χ1) is 15.2. The van der Waals surface area contributed by atoms with Crippen molar-refractivity contribution in [1.82, 2.24) is 4.57 Å². The Morgan fingerprint density at radius 2 is 1.58 bits per heavy atom. The molecule has 0 N–H and O–H groups in total. The van der Waals surface area contributed by atoms with Crippen LogP contribution in [-0.4, -0.2) is 11.7 Å². The summed E-state index contributed by atoms with van der Waals surface area (Å²) in [5, 5.41) is 0. The lowest BCUT2D eigenvalue weighted by Gasteiger charge is -2.26. The minimum Gasteiger partial charge on any atom is -0.497 e. The Kier molecular flexibility index (Phi) is 5.26. The van der Waals surface area contributed by atoms with E-state index in [1.807, 2.05) is 71.3 Å². The van der Waals surface area contributed by atoms with Crippen molar-refractivity contribution in [1.29, 1.82) is 0 Å². The van der Waals surface area contributed by atoms with E-state index in [9.17, 15) is 4.79 Å². The topological polar surface area (TPSA) is 43.6 Å². The molecular weight excluding hydrogens is 404 g/mol. The summed E-state index contributed by atoms with van der Waals surface area (Å²) in [5.41, 5.74) is 3.29. The highest BCUT2D eigenvalue weighted by Crippen LogP contribution is 2.33. The number of thiazole rings is 1. The van der Waals surface area contributed by atoms with E-state index in [1.54, 1.807) is 7.11 Å². The van der Waals surface area contributed by atoms with Crippen LogP contribution in [0.15, 0.2) is 94.7 Å². The third-order valence-corrected chi connectivity index (χ3v) is 6.64. The molecule has 0 saturated heterocycles. The van der Waals surface area contributed by atoms with Crippen LogP contribution < -0.4 is 19.6 Å². The maximum atomic E-state index is 13.4. The van der Waals surface area contributed by atoms with E-state index in [2.05, 4.69) is 24.3 Å². The number of hydrogen-bond donors (Lipinski definition) is 0. The van der Waals surface area contributed by atoms with E-state index >= 15 is 0 Å². The molecule has 31 heavy (non-hydrogen) atoms. The van der Waals surface area contributed by atoms with Gasteiger partial charge in [0.05, 0.1) is 23.7 Å². The second kappa shape index (κ2) is 8.36. The van der Waals surface area contributed by atoms with Crippen LogP contribution in [0, 0.1) is 0 Å². The van der Waals surface area contributed by atoms with Gasteiger partial charge in [0.1, 0.15) is 5.75 Å². The molecule has 0 bridgehead atoms. The van der Waals surface area contributed by atoms with E-state index < -0.39 is 0 Å². The maximum absolute atomic E-state index is 13.4. The molecule has 0 amide bonds. The number of hydrogen-bond acceptors (Lipinski definition) is 4. The molecule has 2 heterocycles. The first kappa shape index (κ1) is 19.5. The number of fused-ring (bicyclic) bond motifs is 1. The maximum Gasteiger partial charge on any atom is 0.270 e. The minimum absolute atomic E-state index is 0.0138. The summed E-state index contributed by atoms with van der Waals surface area (Å²) in [4.78, 5) is 19.2. The van der Waals surface area contributed by atoms with E-state index in [1.165, 1.54) is 16.9 Å². The molecule has 2 atom stereocenters. The van der Waals surface area contributed by atoms with Gasteiger partial charge in [-0.15, -0.1) is 0 Å². The lowest BCUT2D eigenvalue weighted by atomic mass is 9.94. The Balaban J connectivity index is 1.67. The molecule has 0 radical (unpaired) electrons. The molecule has 0 spiro atoms. The molecule has 0 unspecified atom stereocenters. The Morgan fingerprint density at radius 3 is 2.23 bits per heavy atom. The molecule has 154 valence electrons. The number of benzene rings is 3. The lowest BCUT2D eigenvalue weighted by molar-refractivity contribution is 0.415. The van der Waals surface area contributed by atoms with E-state index in [-0.39, 0.29) is 17.6 Å². The van der Waals surface area contributed by atoms with Crippen LogP contribution in [0.4, 0.5) is 0 Å². The van der Waals surface area contributed by atoms with Gasteiger partial charge in [-0.2, -0.15) is 0 Å². The van der Waals surface area contributed by atoms with Gasteiger partial charge in [-0.1, -0.05) is 84.1 Å². The van der Waals surface area contributed by atoms with Gasteiger partial charge in [-0.3, -0.25) is 14.4 Å². The SMILES string of the molecule is COc1ccc(/C=c2/sc3n(c2=O)[C@H](c2ccccc2)C[C@@H](c2ccccc2)N=3)cc1. The quantitative estimate of drug-likeness (QED) is 0.493. The summed E-state index contributed by atoms with van der Waals surface area (Å²) < 4.78 is 7.80. The molecule has 1 aromatic heterocycles. The van der Waals surface area contributed by atoms with Gasteiger partial charge in [-0.05, 0) is 41.3 Å². The monoisotopic (exact) mass is 426 g/mol. The summed E-state index contributed by atoms with van der Waals surface area (Å²) in [6.07, 6.45) is 2.70. The normalized spacial score (nSPS) is 18.3. The number of rotatable bonds is 4. The van der Waals surface area contributed by atoms with Gasteiger partial charge in [-0.25, -0.2) is 0 Å². The highest BCUT2D eigenvalue weighted by molar-refractivity contribution is 7.07. The number of methoxy groups -OCH3 is 1.